The van der Waals surface area contributed by atoms with Gasteiger partial charge in [0, 0.05) is 6.04 Å². The van der Waals surface area contributed by atoms with Crippen LogP contribution < -0.4 is 5.32 Å². The second kappa shape index (κ2) is 6.02. The molecule has 1 rings (SSSR count). The molecule has 0 bridgehead atoms. The first-order chi connectivity index (χ1) is 7.44. The van der Waals surface area contributed by atoms with Gasteiger partial charge < -0.3 is 10.1 Å². The first-order valence-corrected chi connectivity index (χ1v) is 6.85. The molecular weight excluding hydrogens is 198 g/mol. The molecule has 96 valence electrons. The van der Waals surface area contributed by atoms with Crippen LogP contribution in [0.3, 0.4) is 0 Å². The molecule has 16 heavy (non-hydrogen) atoms. The average molecular weight is 227 g/mol. The molecule has 0 aliphatic heterocycles. The fourth-order valence-corrected chi connectivity index (χ4v) is 2.24. The van der Waals surface area contributed by atoms with E-state index in [1.54, 1.807) is 0 Å². The minimum absolute atomic E-state index is 0.0189. The van der Waals surface area contributed by atoms with Crippen molar-refractivity contribution in [3.8, 4) is 0 Å². The first kappa shape index (κ1) is 14.0. The zero-order chi connectivity index (χ0) is 12.2. The molecule has 0 saturated heterocycles. The van der Waals surface area contributed by atoms with Gasteiger partial charge in [-0.1, -0.05) is 26.7 Å². The minimum atomic E-state index is 0.0189. The van der Waals surface area contributed by atoms with Gasteiger partial charge in [0.1, 0.15) is 0 Å². The highest BCUT2D eigenvalue weighted by Gasteiger charge is 2.32. The van der Waals surface area contributed by atoms with Crippen LogP contribution in [0.2, 0.25) is 0 Å². The van der Waals surface area contributed by atoms with Crippen LogP contribution in [0.15, 0.2) is 0 Å². The van der Waals surface area contributed by atoms with Crippen LogP contribution in [0, 0.1) is 5.92 Å². The van der Waals surface area contributed by atoms with E-state index in [0.717, 1.165) is 5.92 Å². The van der Waals surface area contributed by atoms with Crippen LogP contribution in [-0.4, -0.2) is 24.3 Å². The summed E-state index contributed by atoms with van der Waals surface area (Å²) >= 11 is 0. The van der Waals surface area contributed by atoms with Crippen LogP contribution in [-0.2, 0) is 4.74 Å². The molecule has 1 aliphatic carbocycles. The molecule has 0 spiro atoms. The monoisotopic (exact) mass is 227 g/mol. The predicted octanol–water partition coefficient (Wildman–Crippen LogP) is 3.36. The Kier molecular flexibility index (Phi) is 5.26. The second-order valence-electron chi connectivity index (χ2n) is 6.11. The van der Waals surface area contributed by atoms with Crippen LogP contribution in [0.4, 0.5) is 0 Å². The quantitative estimate of drug-likeness (QED) is 0.751. The van der Waals surface area contributed by atoms with Crippen molar-refractivity contribution in [2.75, 3.05) is 6.54 Å². The molecule has 2 nitrogen and oxygen atoms in total. The number of rotatable bonds is 6. The lowest BCUT2D eigenvalue weighted by atomic mass is 9.88. The van der Waals surface area contributed by atoms with Crippen molar-refractivity contribution in [3.05, 3.63) is 0 Å². The number of hydrogen-bond acceptors (Lipinski definition) is 2. The van der Waals surface area contributed by atoms with Crippen molar-refractivity contribution in [1.29, 1.82) is 0 Å². The Hall–Kier alpha value is -0.0800. The summed E-state index contributed by atoms with van der Waals surface area (Å²) in [7, 11) is 0. The van der Waals surface area contributed by atoms with E-state index in [4.69, 9.17) is 4.74 Å². The summed E-state index contributed by atoms with van der Waals surface area (Å²) in [5.41, 5.74) is 0.0189. The maximum Gasteiger partial charge on any atom is 0.0612 e. The van der Waals surface area contributed by atoms with E-state index in [1.807, 2.05) is 0 Å². The van der Waals surface area contributed by atoms with Gasteiger partial charge >= 0.3 is 0 Å². The molecule has 1 aliphatic rings. The number of hydrogen-bond donors (Lipinski definition) is 1. The van der Waals surface area contributed by atoms with Crippen molar-refractivity contribution in [3.63, 3.8) is 0 Å². The Morgan fingerprint density at radius 3 is 2.19 bits per heavy atom. The summed E-state index contributed by atoms with van der Waals surface area (Å²) < 4.78 is 5.92. The molecule has 1 fully saturated rings. The molecular formula is C14H29NO. The van der Waals surface area contributed by atoms with Gasteiger partial charge in [0.05, 0.1) is 11.7 Å². The fourth-order valence-electron chi connectivity index (χ4n) is 2.24. The van der Waals surface area contributed by atoms with Gasteiger partial charge in [-0.2, -0.15) is 0 Å². The summed E-state index contributed by atoms with van der Waals surface area (Å²) in [5.74, 6) is 0.850. The molecule has 1 saturated carbocycles. The lowest BCUT2D eigenvalue weighted by molar-refractivity contribution is -0.102. The summed E-state index contributed by atoms with van der Waals surface area (Å²) in [5, 5.41) is 3.66. The number of ether oxygens (including phenoxy) is 1. The van der Waals surface area contributed by atoms with Crippen LogP contribution >= 0.6 is 0 Å². The average Bonchev–Trinajstić information content (AvgIpc) is 2.13. The van der Waals surface area contributed by atoms with Crippen molar-refractivity contribution < 1.29 is 4.74 Å². The topological polar surface area (TPSA) is 21.3 Å². The summed E-state index contributed by atoms with van der Waals surface area (Å²) in [6, 6.07) is 0.702. The normalized spacial score (nSPS) is 25.9. The third-order valence-corrected chi connectivity index (χ3v) is 3.46. The Morgan fingerprint density at radius 2 is 1.75 bits per heavy atom. The molecule has 2 heteroatoms. The third-order valence-electron chi connectivity index (χ3n) is 3.46. The smallest absolute Gasteiger partial charge is 0.0612 e. The van der Waals surface area contributed by atoms with E-state index in [9.17, 15) is 0 Å². The summed E-state index contributed by atoms with van der Waals surface area (Å²) in [6.45, 7) is 12.2. The maximum absolute atomic E-state index is 5.92. The van der Waals surface area contributed by atoms with Crippen molar-refractivity contribution >= 4 is 0 Å². The van der Waals surface area contributed by atoms with E-state index < -0.39 is 0 Å². The van der Waals surface area contributed by atoms with E-state index in [0.29, 0.717) is 12.1 Å². The zero-order valence-corrected chi connectivity index (χ0v) is 11.7. The fraction of sp³-hybridized carbons (Fsp3) is 1.00. The van der Waals surface area contributed by atoms with Gasteiger partial charge in [0.25, 0.3) is 0 Å². The molecule has 0 unspecified atom stereocenters. The third kappa shape index (κ3) is 4.84. The van der Waals surface area contributed by atoms with Gasteiger partial charge in [0.2, 0.25) is 0 Å². The van der Waals surface area contributed by atoms with Crippen molar-refractivity contribution in [2.24, 2.45) is 5.92 Å². The Bertz CT molecular complexity index is 187. The molecule has 0 atom stereocenters. The SMILES string of the molecule is CCC(CC)CNC1CC(OC(C)(C)C)C1. The highest BCUT2D eigenvalue weighted by molar-refractivity contribution is 4.87. The van der Waals surface area contributed by atoms with Crippen LogP contribution in [0.5, 0.6) is 0 Å². The van der Waals surface area contributed by atoms with Gasteiger partial charge in [-0.25, -0.2) is 0 Å². The largest absolute Gasteiger partial charge is 0.373 e. The van der Waals surface area contributed by atoms with E-state index >= 15 is 0 Å². The molecule has 0 amide bonds. The molecule has 0 aromatic carbocycles. The van der Waals surface area contributed by atoms with Crippen molar-refractivity contribution in [1.82, 2.24) is 5.32 Å². The first-order valence-electron chi connectivity index (χ1n) is 6.85. The zero-order valence-electron chi connectivity index (χ0n) is 11.7. The minimum Gasteiger partial charge on any atom is -0.373 e. The Balaban J connectivity index is 2.08. The molecule has 0 aromatic rings. The molecule has 1 N–H and O–H groups in total. The lowest BCUT2D eigenvalue weighted by Crippen LogP contribution is -2.48. The van der Waals surface area contributed by atoms with Crippen LogP contribution in [0.1, 0.15) is 60.3 Å². The number of nitrogens with one attached hydrogen (secondary N) is 1. The molecule has 0 radical (unpaired) electrons. The van der Waals surface area contributed by atoms with Gasteiger partial charge in [-0.05, 0) is 46.1 Å². The van der Waals surface area contributed by atoms with Gasteiger partial charge in [-0.3, -0.25) is 0 Å². The molecule has 0 aromatic heterocycles. The summed E-state index contributed by atoms with van der Waals surface area (Å²) in [4.78, 5) is 0. The van der Waals surface area contributed by atoms with Gasteiger partial charge in [-0.15, -0.1) is 0 Å². The highest BCUT2D eigenvalue weighted by Crippen LogP contribution is 2.27. The van der Waals surface area contributed by atoms with E-state index in [2.05, 4.69) is 39.9 Å². The van der Waals surface area contributed by atoms with E-state index in [1.165, 1.54) is 32.2 Å². The van der Waals surface area contributed by atoms with Gasteiger partial charge in [0.15, 0.2) is 0 Å². The Labute approximate surface area is 101 Å². The Morgan fingerprint density at radius 1 is 1.19 bits per heavy atom. The predicted molar refractivity (Wildman–Crippen MR) is 69.7 cm³/mol. The maximum atomic E-state index is 5.92. The standard InChI is InChI=1S/C14H29NO/c1-6-11(7-2)10-15-12-8-13(9-12)16-14(3,4)5/h11-13,15H,6-10H2,1-5H3. The summed E-state index contributed by atoms with van der Waals surface area (Å²) in [6.07, 6.45) is 5.45. The second-order valence-corrected chi connectivity index (χ2v) is 6.11. The van der Waals surface area contributed by atoms with E-state index in [-0.39, 0.29) is 5.60 Å². The highest BCUT2D eigenvalue weighted by atomic mass is 16.5. The molecule has 0 heterocycles. The lowest BCUT2D eigenvalue weighted by Gasteiger charge is -2.40. The van der Waals surface area contributed by atoms with Crippen molar-refractivity contribution in [2.45, 2.75) is 78.0 Å². The van der Waals surface area contributed by atoms with Crippen LogP contribution in [0.25, 0.3) is 0 Å².